The molecule has 0 amide bonds. The summed E-state index contributed by atoms with van der Waals surface area (Å²) in [6.07, 6.45) is 4.39. The molecule has 1 N–H and O–H groups in total. The van der Waals surface area contributed by atoms with Gasteiger partial charge in [0.25, 0.3) is 5.56 Å². The second-order valence-corrected chi connectivity index (χ2v) is 6.10. The Labute approximate surface area is 128 Å². The van der Waals surface area contributed by atoms with Crippen LogP contribution in [0.25, 0.3) is 0 Å². The lowest BCUT2D eigenvalue weighted by Crippen LogP contribution is -2.29. The average molecular weight is 294 g/mol. The normalized spacial score (nSPS) is 22.5. The number of rotatable bonds is 2. The van der Waals surface area contributed by atoms with Gasteiger partial charge >= 0.3 is 0 Å². The Morgan fingerprint density at radius 2 is 1.82 bits per heavy atom. The predicted octanol–water partition coefficient (Wildman–Crippen LogP) is 2.99. The lowest BCUT2D eigenvalue weighted by atomic mass is 9.91. The number of carbonyl (C=O) groups is 1. The summed E-state index contributed by atoms with van der Waals surface area (Å²) in [6.45, 7) is 0. The molecule has 2 aliphatic rings. The number of anilines is 1. The fourth-order valence-electron chi connectivity index (χ4n) is 3.72. The van der Waals surface area contributed by atoms with Crippen molar-refractivity contribution < 1.29 is 4.79 Å². The van der Waals surface area contributed by atoms with Crippen LogP contribution in [0, 0.1) is 0 Å². The van der Waals surface area contributed by atoms with E-state index in [0.29, 0.717) is 16.9 Å². The van der Waals surface area contributed by atoms with Gasteiger partial charge in [-0.2, -0.15) is 0 Å². The molecule has 4 rings (SSSR count). The quantitative estimate of drug-likeness (QED) is 0.866. The van der Waals surface area contributed by atoms with Gasteiger partial charge in [-0.1, -0.05) is 43.2 Å². The Kier molecular flexibility index (Phi) is 3.10. The number of nitrogens with zero attached hydrogens (tertiary/aromatic N) is 1. The molecular formula is C18H18N2O2. The molecule has 0 bridgehead atoms. The zero-order chi connectivity index (χ0) is 15.1. The highest BCUT2D eigenvalue weighted by atomic mass is 16.1. The highest BCUT2D eigenvalue weighted by molar-refractivity contribution is 6.12. The first-order valence-corrected chi connectivity index (χ1v) is 7.87. The van der Waals surface area contributed by atoms with Crippen LogP contribution in [0.1, 0.15) is 47.6 Å². The van der Waals surface area contributed by atoms with E-state index in [2.05, 4.69) is 5.32 Å². The molecule has 4 heteroatoms. The maximum absolute atomic E-state index is 12.8. The third-order valence-electron chi connectivity index (χ3n) is 4.79. The lowest BCUT2D eigenvalue weighted by molar-refractivity contribution is 0.103. The molecule has 1 saturated carbocycles. The van der Waals surface area contributed by atoms with Crippen LogP contribution >= 0.6 is 0 Å². The van der Waals surface area contributed by atoms with Crippen molar-refractivity contribution in [3.63, 3.8) is 0 Å². The average Bonchev–Trinajstić information content (AvgIpc) is 2.95. The highest BCUT2D eigenvalue weighted by Gasteiger charge is 2.36. The molecule has 1 aromatic carbocycles. The van der Waals surface area contributed by atoms with Gasteiger partial charge in [-0.25, -0.2) is 0 Å². The zero-order valence-corrected chi connectivity index (χ0v) is 12.3. The SMILES string of the molecule is O=C(c1ccccc1)c1ccc(=O)n2c1N[C@H]1CCCC[C@@H]12. The molecule has 1 aromatic heterocycles. The summed E-state index contributed by atoms with van der Waals surface area (Å²) in [5.74, 6) is 0.675. The molecule has 1 aliphatic heterocycles. The fraction of sp³-hybridized carbons (Fsp3) is 0.333. The van der Waals surface area contributed by atoms with E-state index in [9.17, 15) is 9.59 Å². The van der Waals surface area contributed by atoms with Crippen molar-refractivity contribution in [1.29, 1.82) is 0 Å². The second-order valence-electron chi connectivity index (χ2n) is 6.10. The Morgan fingerprint density at radius 3 is 2.64 bits per heavy atom. The molecule has 0 spiro atoms. The molecule has 0 radical (unpaired) electrons. The van der Waals surface area contributed by atoms with Gasteiger partial charge in [-0.05, 0) is 18.9 Å². The van der Waals surface area contributed by atoms with Crippen LogP contribution in [-0.2, 0) is 0 Å². The van der Waals surface area contributed by atoms with Crippen molar-refractivity contribution in [1.82, 2.24) is 4.57 Å². The fourth-order valence-corrected chi connectivity index (χ4v) is 3.72. The first kappa shape index (κ1) is 13.3. The van der Waals surface area contributed by atoms with Gasteiger partial charge in [-0.3, -0.25) is 14.2 Å². The highest BCUT2D eigenvalue weighted by Crippen LogP contribution is 2.38. The number of carbonyl (C=O) groups excluding carboxylic acids is 1. The monoisotopic (exact) mass is 294 g/mol. The van der Waals surface area contributed by atoms with E-state index in [-0.39, 0.29) is 23.4 Å². The first-order valence-electron chi connectivity index (χ1n) is 7.87. The molecule has 1 aliphatic carbocycles. The molecular weight excluding hydrogens is 276 g/mol. The molecule has 2 heterocycles. The van der Waals surface area contributed by atoms with E-state index in [4.69, 9.17) is 0 Å². The minimum absolute atomic E-state index is 0.0125. The largest absolute Gasteiger partial charge is 0.366 e. The van der Waals surface area contributed by atoms with Crippen LogP contribution in [0.15, 0.2) is 47.3 Å². The number of fused-ring (bicyclic) bond motifs is 3. The minimum atomic E-state index is -0.0319. The van der Waals surface area contributed by atoms with Crippen molar-refractivity contribution in [2.75, 3.05) is 5.32 Å². The summed E-state index contributed by atoms with van der Waals surface area (Å²) in [5.41, 5.74) is 1.24. The summed E-state index contributed by atoms with van der Waals surface area (Å²) in [7, 11) is 0. The molecule has 4 nitrogen and oxygen atoms in total. The van der Waals surface area contributed by atoms with Gasteiger partial charge in [0.05, 0.1) is 11.6 Å². The second kappa shape index (κ2) is 5.13. The Bertz CT molecular complexity index is 779. The van der Waals surface area contributed by atoms with Crippen LogP contribution in [0.4, 0.5) is 5.82 Å². The first-order chi connectivity index (χ1) is 10.8. The maximum atomic E-state index is 12.8. The molecule has 2 atom stereocenters. The van der Waals surface area contributed by atoms with Crippen molar-refractivity contribution in [3.05, 3.63) is 63.9 Å². The van der Waals surface area contributed by atoms with Gasteiger partial charge < -0.3 is 5.32 Å². The maximum Gasteiger partial charge on any atom is 0.252 e. The minimum Gasteiger partial charge on any atom is -0.366 e. The van der Waals surface area contributed by atoms with Gasteiger partial charge in [-0.15, -0.1) is 0 Å². The number of ketones is 1. The summed E-state index contributed by atoms with van der Waals surface area (Å²) in [4.78, 5) is 25.1. The number of aromatic nitrogens is 1. The van der Waals surface area contributed by atoms with Crippen LogP contribution in [0.3, 0.4) is 0 Å². The van der Waals surface area contributed by atoms with Gasteiger partial charge in [0, 0.05) is 17.7 Å². The third kappa shape index (κ3) is 1.98. The van der Waals surface area contributed by atoms with Gasteiger partial charge in [0.1, 0.15) is 5.82 Å². The van der Waals surface area contributed by atoms with E-state index in [1.807, 2.05) is 30.3 Å². The number of hydrogen-bond acceptors (Lipinski definition) is 3. The van der Waals surface area contributed by atoms with Crippen molar-refractivity contribution in [3.8, 4) is 0 Å². The molecule has 1 fully saturated rings. The summed E-state index contributed by atoms with van der Waals surface area (Å²) in [6, 6.07) is 12.9. The van der Waals surface area contributed by atoms with Crippen LogP contribution < -0.4 is 10.9 Å². The summed E-state index contributed by atoms with van der Waals surface area (Å²) < 4.78 is 1.81. The number of hydrogen-bond donors (Lipinski definition) is 1. The van der Waals surface area contributed by atoms with Gasteiger partial charge in [0.2, 0.25) is 0 Å². The molecule has 22 heavy (non-hydrogen) atoms. The Hall–Kier alpha value is -2.36. The summed E-state index contributed by atoms with van der Waals surface area (Å²) >= 11 is 0. The lowest BCUT2D eigenvalue weighted by Gasteiger charge is -2.25. The van der Waals surface area contributed by atoms with E-state index >= 15 is 0 Å². The molecule has 2 aromatic rings. The molecule has 112 valence electrons. The number of nitrogens with one attached hydrogen (secondary N) is 1. The Morgan fingerprint density at radius 1 is 1.05 bits per heavy atom. The van der Waals surface area contributed by atoms with Crippen LogP contribution in [0.5, 0.6) is 0 Å². The summed E-state index contributed by atoms with van der Waals surface area (Å²) in [5, 5.41) is 3.44. The van der Waals surface area contributed by atoms with E-state index in [1.54, 1.807) is 10.6 Å². The van der Waals surface area contributed by atoms with E-state index in [1.165, 1.54) is 12.5 Å². The zero-order valence-electron chi connectivity index (χ0n) is 12.3. The standard InChI is InChI=1S/C18H18N2O2/c21-16-11-10-13(17(22)12-6-2-1-3-7-12)18-19-14-8-4-5-9-15(14)20(16)18/h1-3,6-7,10-11,14-15,19H,4-5,8-9H2/t14-,15-/m0/s1. The predicted molar refractivity (Wildman–Crippen MR) is 85.5 cm³/mol. The number of pyridine rings is 1. The number of benzene rings is 1. The molecule has 0 saturated heterocycles. The van der Waals surface area contributed by atoms with Crippen molar-refractivity contribution >= 4 is 11.6 Å². The van der Waals surface area contributed by atoms with Crippen LogP contribution in [0.2, 0.25) is 0 Å². The third-order valence-corrected chi connectivity index (χ3v) is 4.79. The molecule has 0 unspecified atom stereocenters. The van der Waals surface area contributed by atoms with Gasteiger partial charge in [0.15, 0.2) is 5.78 Å². The topological polar surface area (TPSA) is 51.1 Å². The van der Waals surface area contributed by atoms with Crippen LogP contribution in [-0.4, -0.2) is 16.4 Å². The van der Waals surface area contributed by atoms with E-state index in [0.717, 1.165) is 19.3 Å². The van der Waals surface area contributed by atoms with Crippen molar-refractivity contribution in [2.45, 2.75) is 37.8 Å². The smallest absolute Gasteiger partial charge is 0.252 e. The van der Waals surface area contributed by atoms with E-state index < -0.39 is 0 Å². The Balaban J connectivity index is 1.82. The van der Waals surface area contributed by atoms with Crippen molar-refractivity contribution in [2.24, 2.45) is 0 Å².